The summed E-state index contributed by atoms with van der Waals surface area (Å²) in [6, 6.07) is 9.93. The minimum absolute atomic E-state index is 0.674. The van der Waals surface area contributed by atoms with Crippen LogP contribution in [-0.4, -0.2) is 48.2 Å². The topological polar surface area (TPSA) is 99.3 Å². The zero-order valence-corrected chi connectivity index (χ0v) is 16.3. The number of imidazole rings is 1. The molecule has 0 spiro atoms. The van der Waals surface area contributed by atoms with Gasteiger partial charge in [-0.15, -0.1) is 0 Å². The third-order valence-electron chi connectivity index (χ3n) is 5.67. The number of piperidine rings is 1. The van der Waals surface area contributed by atoms with Crippen molar-refractivity contribution in [2.24, 2.45) is 0 Å². The molecule has 30 heavy (non-hydrogen) atoms. The van der Waals surface area contributed by atoms with E-state index in [1.165, 1.54) is 19.3 Å². The van der Waals surface area contributed by atoms with Crippen LogP contribution in [0.2, 0.25) is 0 Å². The number of hydrogen-bond acceptors (Lipinski definition) is 6. The maximum atomic E-state index is 4.89. The van der Waals surface area contributed by atoms with Crippen molar-refractivity contribution < 1.29 is 0 Å². The maximum absolute atomic E-state index is 4.89. The Labute approximate surface area is 172 Å². The van der Waals surface area contributed by atoms with Gasteiger partial charge in [0, 0.05) is 37.2 Å². The first-order valence-corrected chi connectivity index (χ1v) is 10.2. The van der Waals surface area contributed by atoms with E-state index in [9.17, 15) is 0 Å². The molecule has 0 aliphatic carbocycles. The van der Waals surface area contributed by atoms with Crippen molar-refractivity contribution in [1.82, 2.24) is 35.1 Å². The number of rotatable bonds is 3. The summed E-state index contributed by atoms with van der Waals surface area (Å²) in [7, 11) is 0. The van der Waals surface area contributed by atoms with Crippen LogP contribution in [0.15, 0.2) is 48.9 Å². The number of hydrogen-bond donors (Lipinski definition) is 2. The summed E-state index contributed by atoms with van der Waals surface area (Å²) in [4.78, 5) is 24.1. The molecule has 1 fully saturated rings. The van der Waals surface area contributed by atoms with Gasteiger partial charge in [-0.1, -0.05) is 0 Å². The first kappa shape index (κ1) is 17.1. The molecule has 0 saturated carbocycles. The average molecular weight is 396 g/mol. The lowest BCUT2D eigenvalue weighted by Crippen LogP contribution is -2.29. The Morgan fingerprint density at radius 3 is 2.57 bits per heavy atom. The lowest BCUT2D eigenvalue weighted by Gasteiger charge is -2.28. The van der Waals surface area contributed by atoms with Gasteiger partial charge in [-0.25, -0.2) is 15.0 Å². The van der Waals surface area contributed by atoms with Crippen molar-refractivity contribution in [2.45, 2.75) is 19.3 Å². The summed E-state index contributed by atoms with van der Waals surface area (Å²) in [5.74, 6) is 0.674. The van der Waals surface area contributed by atoms with E-state index in [1.807, 2.05) is 30.5 Å². The molecule has 6 rings (SSSR count). The summed E-state index contributed by atoms with van der Waals surface area (Å²) in [6.45, 7) is 2.12. The second-order valence-corrected chi connectivity index (χ2v) is 7.56. The highest BCUT2D eigenvalue weighted by Gasteiger charge is 2.19. The molecule has 1 aliphatic heterocycles. The number of fused-ring (bicyclic) bond motifs is 2. The Balaban J connectivity index is 1.47. The molecule has 0 atom stereocenters. The minimum Gasteiger partial charge on any atom is -0.370 e. The van der Waals surface area contributed by atoms with Gasteiger partial charge in [0.15, 0.2) is 17.2 Å². The van der Waals surface area contributed by atoms with Crippen LogP contribution < -0.4 is 4.90 Å². The van der Waals surface area contributed by atoms with E-state index in [2.05, 4.69) is 36.1 Å². The summed E-state index contributed by atoms with van der Waals surface area (Å²) in [5, 5.41) is 7.57. The SMILES string of the molecule is c1cc(-c2ccc3[nH]nc(-c4nc5c(N6CCCCC6)ccnc5[nH]4)c3n2)ccn1. The van der Waals surface area contributed by atoms with Crippen molar-refractivity contribution >= 4 is 27.9 Å². The number of pyridine rings is 3. The third-order valence-corrected chi connectivity index (χ3v) is 5.67. The molecule has 0 radical (unpaired) electrons. The van der Waals surface area contributed by atoms with Crippen LogP contribution in [-0.2, 0) is 0 Å². The van der Waals surface area contributed by atoms with Crippen molar-refractivity contribution in [1.29, 1.82) is 0 Å². The molecule has 0 unspecified atom stereocenters. The van der Waals surface area contributed by atoms with Crippen molar-refractivity contribution in [3.8, 4) is 22.8 Å². The van der Waals surface area contributed by atoms with Gasteiger partial charge in [0.05, 0.1) is 16.9 Å². The highest BCUT2D eigenvalue weighted by molar-refractivity contribution is 5.93. The number of anilines is 1. The average Bonchev–Trinajstić information content (AvgIpc) is 3.43. The van der Waals surface area contributed by atoms with Crippen LogP contribution in [0.4, 0.5) is 5.69 Å². The Morgan fingerprint density at radius 1 is 0.833 bits per heavy atom. The molecule has 8 nitrogen and oxygen atoms in total. The molecule has 2 N–H and O–H groups in total. The van der Waals surface area contributed by atoms with E-state index in [4.69, 9.17) is 9.97 Å². The van der Waals surface area contributed by atoms with Crippen molar-refractivity contribution in [3.63, 3.8) is 0 Å². The molecule has 0 aromatic carbocycles. The fraction of sp³-hybridized carbons (Fsp3) is 0.227. The van der Waals surface area contributed by atoms with Gasteiger partial charge >= 0.3 is 0 Å². The third kappa shape index (κ3) is 2.80. The fourth-order valence-corrected chi connectivity index (χ4v) is 4.15. The van der Waals surface area contributed by atoms with E-state index in [0.717, 1.165) is 52.2 Å². The van der Waals surface area contributed by atoms with Gasteiger partial charge in [0.2, 0.25) is 0 Å². The van der Waals surface area contributed by atoms with E-state index >= 15 is 0 Å². The predicted octanol–water partition coefficient (Wildman–Crippen LogP) is 3.95. The number of aromatic amines is 2. The summed E-state index contributed by atoms with van der Waals surface area (Å²) in [5.41, 5.74) is 7.02. The quantitative estimate of drug-likeness (QED) is 0.479. The molecule has 0 bridgehead atoms. The lowest BCUT2D eigenvalue weighted by atomic mass is 10.1. The van der Waals surface area contributed by atoms with Gasteiger partial charge in [0.25, 0.3) is 0 Å². The molecule has 8 heteroatoms. The van der Waals surface area contributed by atoms with Gasteiger partial charge in [-0.3, -0.25) is 10.1 Å². The summed E-state index contributed by atoms with van der Waals surface area (Å²) in [6.07, 6.45) is 9.10. The van der Waals surface area contributed by atoms with Gasteiger partial charge in [-0.05, 0) is 49.6 Å². The van der Waals surface area contributed by atoms with E-state index in [1.54, 1.807) is 12.4 Å². The molecule has 0 amide bonds. The lowest BCUT2D eigenvalue weighted by molar-refractivity contribution is 0.578. The Hall–Kier alpha value is -3.81. The number of nitrogens with one attached hydrogen (secondary N) is 2. The number of aromatic nitrogens is 7. The molecule has 5 aromatic heterocycles. The normalized spacial score (nSPS) is 14.6. The van der Waals surface area contributed by atoms with Crippen LogP contribution in [0.1, 0.15) is 19.3 Å². The van der Waals surface area contributed by atoms with Crippen molar-refractivity contribution in [2.75, 3.05) is 18.0 Å². The Bertz CT molecular complexity index is 1330. The monoisotopic (exact) mass is 396 g/mol. The fourth-order valence-electron chi connectivity index (χ4n) is 4.15. The van der Waals surface area contributed by atoms with Gasteiger partial charge < -0.3 is 9.88 Å². The zero-order valence-electron chi connectivity index (χ0n) is 16.3. The molecule has 148 valence electrons. The standard InChI is InChI=1S/C22H20N8/c1-2-12-30(13-3-1)17-8-11-24-21-19(17)26-22(27-21)20-18-16(28-29-20)5-4-15(25-18)14-6-9-23-10-7-14/h4-11H,1-3,12-13H2,(H,28,29)(H,24,26,27). The second-order valence-electron chi connectivity index (χ2n) is 7.56. The minimum atomic E-state index is 0.674. The first-order valence-electron chi connectivity index (χ1n) is 10.2. The molecular weight excluding hydrogens is 376 g/mol. The van der Waals surface area contributed by atoms with Crippen LogP contribution in [0.5, 0.6) is 0 Å². The molecule has 1 aliphatic rings. The first-order chi connectivity index (χ1) is 14.9. The molecule has 1 saturated heterocycles. The van der Waals surface area contributed by atoms with Crippen molar-refractivity contribution in [3.05, 3.63) is 48.9 Å². The second kappa shape index (κ2) is 6.91. The van der Waals surface area contributed by atoms with Gasteiger partial charge in [0.1, 0.15) is 11.0 Å². The highest BCUT2D eigenvalue weighted by atomic mass is 15.2. The predicted molar refractivity (Wildman–Crippen MR) is 116 cm³/mol. The maximum Gasteiger partial charge on any atom is 0.162 e. The highest BCUT2D eigenvalue weighted by Crippen LogP contribution is 2.31. The summed E-state index contributed by atoms with van der Waals surface area (Å²) >= 11 is 0. The Morgan fingerprint density at radius 2 is 1.70 bits per heavy atom. The molecule has 6 heterocycles. The number of nitrogens with zero attached hydrogens (tertiary/aromatic N) is 6. The van der Waals surface area contributed by atoms with Crippen LogP contribution in [0.3, 0.4) is 0 Å². The zero-order chi connectivity index (χ0) is 19.9. The van der Waals surface area contributed by atoms with Crippen LogP contribution in [0.25, 0.3) is 45.0 Å². The van der Waals surface area contributed by atoms with E-state index in [0.29, 0.717) is 11.5 Å². The van der Waals surface area contributed by atoms with Gasteiger partial charge in [-0.2, -0.15) is 5.10 Å². The summed E-state index contributed by atoms with van der Waals surface area (Å²) < 4.78 is 0. The van der Waals surface area contributed by atoms with Crippen LogP contribution >= 0.6 is 0 Å². The van der Waals surface area contributed by atoms with E-state index < -0.39 is 0 Å². The number of H-pyrrole nitrogens is 2. The molecule has 5 aromatic rings. The van der Waals surface area contributed by atoms with E-state index in [-0.39, 0.29) is 0 Å². The molecular formula is C22H20N8. The largest absolute Gasteiger partial charge is 0.370 e. The Kier molecular flexibility index (Phi) is 3.93. The smallest absolute Gasteiger partial charge is 0.162 e. The van der Waals surface area contributed by atoms with Crippen LogP contribution in [0, 0.1) is 0 Å².